The van der Waals surface area contributed by atoms with Gasteiger partial charge in [-0.3, -0.25) is 15.4 Å². The van der Waals surface area contributed by atoms with Gasteiger partial charge in [0.15, 0.2) is 0 Å². The summed E-state index contributed by atoms with van der Waals surface area (Å²) >= 11 is 0. The molecule has 0 aromatic heterocycles. The van der Waals surface area contributed by atoms with Gasteiger partial charge in [0.25, 0.3) is 6.17 Å². The second-order valence-electron chi connectivity index (χ2n) is 2.28. The molecule has 4 nitrogen and oxygen atoms in total. The van der Waals surface area contributed by atoms with Crippen LogP contribution in [0.5, 0.6) is 0 Å². The van der Waals surface area contributed by atoms with E-state index in [1.54, 1.807) is 0 Å². The molecular weight excluding hydrogens is 120 g/mol. The number of nitrogens with one attached hydrogen (secondary N) is 1. The van der Waals surface area contributed by atoms with Crippen LogP contribution in [-0.4, -0.2) is 17.1 Å². The summed E-state index contributed by atoms with van der Waals surface area (Å²) in [6, 6.07) is 0.172. The van der Waals surface area contributed by atoms with Crippen molar-refractivity contribution in [3.05, 3.63) is 10.1 Å². The minimum atomic E-state index is -0.634. The standard InChI is InChI=1S/C5H12N2O2/c1-4(2)6-5(3)7(8)9/h4-6H,1-3H3. The van der Waals surface area contributed by atoms with Crippen LogP contribution in [0.1, 0.15) is 20.8 Å². The number of hydrogen-bond donors (Lipinski definition) is 1. The Kier molecular flexibility index (Phi) is 3.16. The first-order valence-electron chi connectivity index (χ1n) is 2.93. The molecule has 1 atom stereocenters. The molecule has 0 radical (unpaired) electrons. The highest BCUT2D eigenvalue weighted by atomic mass is 16.6. The summed E-state index contributed by atoms with van der Waals surface area (Å²) in [7, 11) is 0. The lowest BCUT2D eigenvalue weighted by molar-refractivity contribution is -0.525. The predicted octanol–water partition coefficient (Wildman–Crippen LogP) is 0.607. The van der Waals surface area contributed by atoms with E-state index in [1.807, 2.05) is 13.8 Å². The molecule has 0 aliphatic carbocycles. The first kappa shape index (κ1) is 8.36. The van der Waals surface area contributed by atoms with Crippen molar-refractivity contribution in [2.75, 3.05) is 0 Å². The highest BCUT2D eigenvalue weighted by Crippen LogP contribution is 1.85. The van der Waals surface area contributed by atoms with Crippen LogP contribution in [0.2, 0.25) is 0 Å². The quantitative estimate of drug-likeness (QED) is 0.347. The van der Waals surface area contributed by atoms with Gasteiger partial charge in [-0.15, -0.1) is 0 Å². The summed E-state index contributed by atoms with van der Waals surface area (Å²) in [6.45, 7) is 5.28. The maximum absolute atomic E-state index is 9.98. The van der Waals surface area contributed by atoms with E-state index in [2.05, 4.69) is 5.32 Å². The molecule has 0 saturated heterocycles. The molecule has 0 aliphatic heterocycles. The Morgan fingerprint density at radius 3 is 2.00 bits per heavy atom. The van der Waals surface area contributed by atoms with Gasteiger partial charge in [0.2, 0.25) is 0 Å². The molecule has 0 spiro atoms. The van der Waals surface area contributed by atoms with Crippen molar-refractivity contribution in [3.63, 3.8) is 0 Å². The van der Waals surface area contributed by atoms with E-state index in [0.29, 0.717) is 0 Å². The third kappa shape index (κ3) is 3.90. The van der Waals surface area contributed by atoms with Crippen molar-refractivity contribution in [1.82, 2.24) is 5.32 Å². The van der Waals surface area contributed by atoms with Crippen LogP contribution in [0, 0.1) is 10.1 Å². The van der Waals surface area contributed by atoms with Gasteiger partial charge in [0.05, 0.1) is 0 Å². The molecule has 0 aromatic rings. The van der Waals surface area contributed by atoms with Crippen LogP contribution in [0.15, 0.2) is 0 Å². The Bertz CT molecular complexity index is 103. The minimum absolute atomic E-state index is 0.172. The van der Waals surface area contributed by atoms with Gasteiger partial charge in [-0.05, 0) is 13.8 Å². The number of rotatable bonds is 3. The van der Waals surface area contributed by atoms with Crippen LogP contribution in [-0.2, 0) is 0 Å². The third-order valence-electron chi connectivity index (χ3n) is 0.891. The fraction of sp³-hybridized carbons (Fsp3) is 1.00. The maximum Gasteiger partial charge on any atom is 0.263 e. The van der Waals surface area contributed by atoms with Crippen molar-refractivity contribution in [3.8, 4) is 0 Å². The van der Waals surface area contributed by atoms with E-state index < -0.39 is 6.17 Å². The van der Waals surface area contributed by atoms with E-state index in [1.165, 1.54) is 6.92 Å². The van der Waals surface area contributed by atoms with Crippen LogP contribution in [0.4, 0.5) is 0 Å². The summed E-state index contributed by atoms with van der Waals surface area (Å²) in [6.07, 6.45) is -0.634. The van der Waals surface area contributed by atoms with Crippen LogP contribution < -0.4 is 5.32 Å². The summed E-state index contributed by atoms with van der Waals surface area (Å²) in [5, 5.41) is 12.7. The van der Waals surface area contributed by atoms with E-state index in [0.717, 1.165) is 0 Å². The SMILES string of the molecule is CC(C)NC(C)[N+](=O)[O-]. The lowest BCUT2D eigenvalue weighted by Gasteiger charge is -2.08. The Labute approximate surface area is 54.4 Å². The molecule has 0 bridgehead atoms. The van der Waals surface area contributed by atoms with E-state index >= 15 is 0 Å². The monoisotopic (exact) mass is 132 g/mol. The molecule has 4 heteroatoms. The molecule has 1 N–H and O–H groups in total. The van der Waals surface area contributed by atoms with Gasteiger partial charge in [-0.25, -0.2) is 0 Å². The molecule has 1 unspecified atom stereocenters. The van der Waals surface area contributed by atoms with E-state index in [4.69, 9.17) is 0 Å². The van der Waals surface area contributed by atoms with E-state index in [-0.39, 0.29) is 11.0 Å². The molecule has 0 heterocycles. The zero-order chi connectivity index (χ0) is 7.44. The van der Waals surface area contributed by atoms with Crippen LogP contribution >= 0.6 is 0 Å². The average Bonchev–Trinajstić information content (AvgIpc) is 1.63. The highest BCUT2D eigenvalue weighted by Gasteiger charge is 2.11. The summed E-state index contributed by atoms with van der Waals surface area (Å²) < 4.78 is 0. The summed E-state index contributed by atoms with van der Waals surface area (Å²) in [5.41, 5.74) is 0. The fourth-order valence-corrected chi connectivity index (χ4v) is 0.543. The molecule has 0 rings (SSSR count). The van der Waals surface area contributed by atoms with Crippen molar-refractivity contribution in [2.45, 2.75) is 33.0 Å². The van der Waals surface area contributed by atoms with Crippen molar-refractivity contribution >= 4 is 0 Å². The number of nitro groups is 1. The highest BCUT2D eigenvalue weighted by molar-refractivity contribution is 4.52. The second-order valence-corrected chi connectivity index (χ2v) is 2.28. The second kappa shape index (κ2) is 3.40. The van der Waals surface area contributed by atoms with E-state index in [9.17, 15) is 10.1 Å². The summed E-state index contributed by atoms with van der Waals surface area (Å²) in [4.78, 5) is 9.63. The molecule has 0 amide bonds. The Morgan fingerprint density at radius 1 is 1.44 bits per heavy atom. The topological polar surface area (TPSA) is 55.2 Å². The number of nitrogens with zero attached hydrogens (tertiary/aromatic N) is 1. The van der Waals surface area contributed by atoms with Crippen LogP contribution in [0.25, 0.3) is 0 Å². The smallest absolute Gasteiger partial charge is 0.263 e. The molecule has 54 valence electrons. The van der Waals surface area contributed by atoms with Gasteiger partial charge in [-0.1, -0.05) is 0 Å². The van der Waals surface area contributed by atoms with Crippen molar-refractivity contribution in [2.24, 2.45) is 0 Å². The molecule has 0 aliphatic rings. The minimum Gasteiger partial charge on any atom is -0.263 e. The van der Waals surface area contributed by atoms with Crippen molar-refractivity contribution in [1.29, 1.82) is 0 Å². The molecule has 0 saturated carbocycles. The first-order chi connectivity index (χ1) is 4.04. The predicted molar refractivity (Wildman–Crippen MR) is 34.7 cm³/mol. The lowest BCUT2D eigenvalue weighted by atomic mass is 10.4. The van der Waals surface area contributed by atoms with Crippen LogP contribution in [0.3, 0.4) is 0 Å². The largest absolute Gasteiger partial charge is 0.263 e. The van der Waals surface area contributed by atoms with Gasteiger partial charge in [0.1, 0.15) is 0 Å². The van der Waals surface area contributed by atoms with Gasteiger partial charge < -0.3 is 0 Å². The molecule has 0 aromatic carbocycles. The first-order valence-corrected chi connectivity index (χ1v) is 2.93. The van der Waals surface area contributed by atoms with Gasteiger partial charge >= 0.3 is 0 Å². The zero-order valence-corrected chi connectivity index (χ0v) is 5.92. The normalized spacial score (nSPS) is 13.8. The fourth-order valence-electron chi connectivity index (χ4n) is 0.543. The Hall–Kier alpha value is -0.640. The Balaban J connectivity index is 3.50. The third-order valence-corrected chi connectivity index (χ3v) is 0.891. The zero-order valence-electron chi connectivity index (χ0n) is 5.92. The maximum atomic E-state index is 9.98. The average molecular weight is 132 g/mol. The molecule has 0 fully saturated rings. The van der Waals surface area contributed by atoms with Gasteiger partial charge in [0, 0.05) is 17.9 Å². The van der Waals surface area contributed by atoms with Crippen molar-refractivity contribution < 1.29 is 4.92 Å². The lowest BCUT2D eigenvalue weighted by Crippen LogP contribution is -2.37. The Morgan fingerprint density at radius 2 is 1.89 bits per heavy atom. The van der Waals surface area contributed by atoms with Gasteiger partial charge in [-0.2, -0.15) is 0 Å². The molecular formula is C5H12N2O2. The summed E-state index contributed by atoms with van der Waals surface area (Å²) in [5.74, 6) is 0. The number of hydrogen-bond acceptors (Lipinski definition) is 3. The molecule has 9 heavy (non-hydrogen) atoms.